The number of nitrogens with one attached hydrogen (secondary N) is 1. The predicted octanol–water partition coefficient (Wildman–Crippen LogP) is 5.00. The van der Waals surface area contributed by atoms with Crippen LogP contribution in [-0.4, -0.2) is 21.2 Å². The van der Waals surface area contributed by atoms with Gasteiger partial charge in [-0.1, -0.05) is 59.8 Å². The second-order valence-electron chi connectivity index (χ2n) is 7.27. The summed E-state index contributed by atoms with van der Waals surface area (Å²) in [4.78, 5) is 30.6. The lowest BCUT2D eigenvalue weighted by molar-refractivity contribution is -0.119. The molecule has 4 aromatic rings. The van der Waals surface area contributed by atoms with Gasteiger partial charge in [-0.2, -0.15) is 0 Å². The van der Waals surface area contributed by atoms with E-state index >= 15 is 0 Å². The first-order valence-electron chi connectivity index (χ1n) is 9.87. The minimum atomic E-state index is -0.180. The van der Waals surface area contributed by atoms with E-state index in [1.165, 1.54) is 38.8 Å². The third kappa shape index (κ3) is 3.89. The molecule has 5 nitrogen and oxygen atoms in total. The van der Waals surface area contributed by atoms with Crippen LogP contribution in [0.25, 0.3) is 15.9 Å². The van der Waals surface area contributed by atoms with Crippen molar-refractivity contribution in [2.75, 3.05) is 5.75 Å². The topological polar surface area (TPSA) is 64.0 Å². The van der Waals surface area contributed by atoms with Crippen LogP contribution in [0.15, 0.2) is 69.9 Å². The zero-order valence-electron chi connectivity index (χ0n) is 16.4. The van der Waals surface area contributed by atoms with Gasteiger partial charge in [0.2, 0.25) is 5.91 Å². The number of carbonyl (C=O) groups is 1. The lowest BCUT2D eigenvalue weighted by atomic mass is 10.1. The number of rotatable bonds is 5. The fraction of sp³-hybridized carbons (Fsp3) is 0.174. The molecule has 8 heteroatoms. The highest BCUT2D eigenvalue weighted by Gasteiger charge is 2.24. The molecule has 0 aliphatic heterocycles. The van der Waals surface area contributed by atoms with Crippen molar-refractivity contribution in [1.82, 2.24) is 14.9 Å². The number of para-hydroxylation sites is 1. The Kier molecular flexibility index (Phi) is 5.56. The van der Waals surface area contributed by atoms with E-state index in [4.69, 9.17) is 11.6 Å². The van der Waals surface area contributed by atoms with Crippen LogP contribution < -0.4 is 10.9 Å². The van der Waals surface area contributed by atoms with Gasteiger partial charge in [-0.25, -0.2) is 4.98 Å². The number of amides is 1. The molecule has 5 rings (SSSR count). The van der Waals surface area contributed by atoms with Crippen molar-refractivity contribution in [2.24, 2.45) is 0 Å². The van der Waals surface area contributed by atoms with Crippen LogP contribution >= 0.6 is 34.7 Å². The summed E-state index contributed by atoms with van der Waals surface area (Å²) in [6.45, 7) is 0. The van der Waals surface area contributed by atoms with Crippen molar-refractivity contribution in [3.63, 3.8) is 0 Å². The van der Waals surface area contributed by atoms with E-state index in [9.17, 15) is 9.59 Å². The highest BCUT2D eigenvalue weighted by molar-refractivity contribution is 7.99. The third-order valence-electron chi connectivity index (χ3n) is 5.34. The minimum absolute atomic E-state index is 0.0300. The molecule has 0 spiro atoms. The number of nitrogens with zero attached hydrogens (tertiary/aromatic N) is 2. The van der Waals surface area contributed by atoms with Crippen LogP contribution in [0.4, 0.5) is 0 Å². The molecule has 0 saturated heterocycles. The van der Waals surface area contributed by atoms with Crippen molar-refractivity contribution < 1.29 is 4.79 Å². The van der Waals surface area contributed by atoms with Crippen molar-refractivity contribution in [3.8, 4) is 5.69 Å². The average Bonchev–Trinajstić information content (AvgIpc) is 3.41. The van der Waals surface area contributed by atoms with Gasteiger partial charge in [0, 0.05) is 0 Å². The van der Waals surface area contributed by atoms with Gasteiger partial charge in [-0.15, -0.1) is 11.3 Å². The second-order valence-corrected chi connectivity index (χ2v) is 9.53. The fourth-order valence-electron chi connectivity index (χ4n) is 3.91. The lowest BCUT2D eigenvalue weighted by Crippen LogP contribution is -2.29. The molecule has 31 heavy (non-hydrogen) atoms. The molecule has 2 heterocycles. The highest BCUT2D eigenvalue weighted by Crippen LogP contribution is 2.31. The number of thiophene rings is 1. The van der Waals surface area contributed by atoms with E-state index in [2.05, 4.69) is 22.4 Å². The summed E-state index contributed by atoms with van der Waals surface area (Å²) >= 11 is 8.97. The van der Waals surface area contributed by atoms with Crippen LogP contribution in [0.5, 0.6) is 0 Å². The molecule has 2 aromatic carbocycles. The zero-order valence-corrected chi connectivity index (χ0v) is 18.8. The van der Waals surface area contributed by atoms with Gasteiger partial charge in [0.1, 0.15) is 4.70 Å². The number of aromatic nitrogens is 2. The van der Waals surface area contributed by atoms with Crippen molar-refractivity contribution in [3.05, 3.63) is 86.5 Å². The summed E-state index contributed by atoms with van der Waals surface area (Å²) in [5, 5.41) is 5.87. The van der Waals surface area contributed by atoms with E-state index in [0.29, 0.717) is 26.1 Å². The molecular weight excluding hydrogens is 450 g/mol. The number of hydrogen-bond donors (Lipinski definition) is 1. The van der Waals surface area contributed by atoms with Gasteiger partial charge >= 0.3 is 0 Å². The van der Waals surface area contributed by atoms with Gasteiger partial charge in [0.15, 0.2) is 5.16 Å². The Morgan fingerprint density at radius 1 is 1.19 bits per heavy atom. The van der Waals surface area contributed by atoms with Crippen molar-refractivity contribution in [2.45, 2.75) is 24.0 Å². The van der Waals surface area contributed by atoms with Crippen LogP contribution in [0.3, 0.4) is 0 Å². The Hall–Kier alpha value is -2.61. The van der Waals surface area contributed by atoms with Gasteiger partial charge in [-0.05, 0) is 47.5 Å². The Balaban J connectivity index is 1.42. The molecule has 0 unspecified atom stereocenters. The van der Waals surface area contributed by atoms with E-state index in [-0.39, 0.29) is 23.3 Å². The van der Waals surface area contributed by atoms with E-state index in [0.717, 1.165) is 12.8 Å². The molecule has 1 atom stereocenters. The highest BCUT2D eigenvalue weighted by atomic mass is 35.5. The molecule has 0 bridgehead atoms. The number of fused-ring (bicyclic) bond motifs is 2. The standard InChI is InChI=1S/C23H18ClN3O2S2/c24-16-7-3-4-8-19(16)27-22(29)21-18(11-12-30-21)26-23(27)31-13-20(28)25-17-10-9-14-5-1-2-6-15(14)17/h1-8,11-12,17H,9-10,13H2,(H,25,28)/t17-/m0/s1. The Labute approximate surface area is 192 Å². The molecule has 2 aromatic heterocycles. The third-order valence-corrected chi connectivity index (χ3v) is 7.49. The van der Waals surface area contributed by atoms with Gasteiger partial charge in [-0.3, -0.25) is 14.2 Å². The van der Waals surface area contributed by atoms with Crippen LogP contribution in [0.1, 0.15) is 23.6 Å². The number of hydrogen-bond acceptors (Lipinski definition) is 5. The maximum atomic E-state index is 13.2. The summed E-state index contributed by atoms with van der Waals surface area (Å²) < 4.78 is 2.07. The van der Waals surface area contributed by atoms with Gasteiger partial charge < -0.3 is 5.32 Å². The fourth-order valence-corrected chi connectivity index (χ4v) is 5.70. The Morgan fingerprint density at radius 2 is 2.00 bits per heavy atom. The quantitative estimate of drug-likeness (QED) is 0.331. The average molecular weight is 468 g/mol. The summed E-state index contributed by atoms with van der Waals surface area (Å²) in [6.07, 6.45) is 1.87. The van der Waals surface area contributed by atoms with E-state index in [1.54, 1.807) is 12.1 Å². The Morgan fingerprint density at radius 3 is 2.87 bits per heavy atom. The monoisotopic (exact) mass is 467 g/mol. The molecule has 0 radical (unpaired) electrons. The van der Waals surface area contributed by atoms with Crippen LogP contribution in [0, 0.1) is 0 Å². The Bertz CT molecular complexity index is 1350. The molecule has 1 aliphatic carbocycles. The predicted molar refractivity (Wildman–Crippen MR) is 127 cm³/mol. The first-order valence-corrected chi connectivity index (χ1v) is 12.1. The summed E-state index contributed by atoms with van der Waals surface area (Å²) in [6, 6.07) is 17.2. The summed E-state index contributed by atoms with van der Waals surface area (Å²) in [5.41, 5.74) is 3.49. The number of aryl methyl sites for hydroxylation is 1. The SMILES string of the molecule is O=C(CSc1nc2ccsc2c(=O)n1-c1ccccc1Cl)N[C@H]1CCc2ccccc21. The molecule has 1 amide bonds. The first-order chi connectivity index (χ1) is 15.1. The van der Waals surface area contributed by atoms with Crippen LogP contribution in [-0.2, 0) is 11.2 Å². The smallest absolute Gasteiger partial charge is 0.276 e. The maximum Gasteiger partial charge on any atom is 0.276 e. The molecule has 156 valence electrons. The first kappa shape index (κ1) is 20.3. The van der Waals surface area contributed by atoms with Crippen molar-refractivity contribution in [1.29, 1.82) is 0 Å². The minimum Gasteiger partial charge on any atom is -0.349 e. The molecular formula is C23H18ClN3O2S2. The second kappa shape index (κ2) is 8.49. The molecule has 0 fully saturated rings. The maximum absolute atomic E-state index is 13.2. The van der Waals surface area contributed by atoms with E-state index in [1.807, 2.05) is 35.7 Å². The number of halogens is 1. The molecule has 1 N–H and O–H groups in total. The number of benzene rings is 2. The zero-order chi connectivity index (χ0) is 21.4. The van der Waals surface area contributed by atoms with E-state index < -0.39 is 0 Å². The van der Waals surface area contributed by atoms with Gasteiger partial charge in [0.25, 0.3) is 5.56 Å². The summed E-state index contributed by atoms with van der Waals surface area (Å²) in [5.74, 6) is 0.0719. The normalized spacial score (nSPS) is 15.2. The largest absolute Gasteiger partial charge is 0.349 e. The lowest BCUT2D eigenvalue weighted by Gasteiger charge is -2.15. The molecule has 1 aliphatic rings. The van der Waals surface area contributed by atoms with Crippen molar-refractivity contribution >= 4 is 50.8 Å². The molecule has 0 saturated carbocycles. The number of thioether (sulfide) groups is 1. The van der Waals surface area contributed by atoms with Crippen LogP contribution in [0.2, 0.25) is 5.02 Å². The number of carbonyl (C=O) groups excluding carboxylic acids is 1. The summed E-state index contributed by atoms with van der Waals surface area (Å²) in [7, 11) is 0. The van der Waals surface area contributed by atoms with Gasteiger partial charge in [0.05, 0.1) is 28.0 Å².